The molecule has 0 aliphatic carbocycles. The van der Waals surface area contributed by atoms with Crippen molar-refractivity contribution in [2.75, 3.05) is 0 Å². The van der Waals surface area contributed by atoms with E-state index in [1.54, 1.807) is 6.80 Å². The van der Waals surface area contributed by atoms with Crippen LogP contribution in [0.1, 0.15) is 0 Å². The van der Waals surface area contributed by atoms with Gasteiger partial charge in [0.2, 0.25) is 0 Å². The fourth-order valence-corrected chi connectivity index (χ4v) is 6.85. The third kappa shape index (κ3) is 1.62. The van der Waals surface area contributed by atoms with Gasteiger partial charge < -0.3 is 0 Å². The molecule has 1 heteroatoms. The van der Waals surface area contributed by atoms with Crippen molar-refractivity contribution in [2.24, 2.45) is 0 Å². The van der Waals surface area contributed by atoms with Gasteiger partial charge in [0.1, 0.15) is 0 Å². The van der Waals surface area contributed by atoms with Gasteiger partial charge in [0.15, 0.2) is 0 Å². The Hall–Kier alpha value is -1.81. The van der Waals surface area contributed by atoms with Gasteiger partial charge in [-0.05, 0) is 0 Å². The molecular weight excluding hydrogens is 368 g/mol. The van der Waals surface area contributed by atoms with Gasteiger partial charge in [0, 0.05) is 0 Å². The van der Waals surface area contributed by atoms with Gasteiger partial charge in [0.05, 0.1) is 0 Å². The van der Waals surface area contributed by atoms with Crippen LogP contribution in [0, 0.1) is 0 Å². The summed E-state index contributed by atoms with van der Waals surface area (Å²) >= 11 is -0.279. The van der Waals surface area contributed by atoms with E-state index in [1.807, 2.05) is 0 Å². The summed E-state index contributed by atoms with van der Waals surface area (Å²) < 4.78 is 3.20. The van der Waals surface area contributed by atoms with E-state index in [2.05, 4.69) is 72.8 Å². The second-order valence-corrected chi connectivity index (χ2v) is 8.43. The summed E-state index contributed by atoms with van der Waals surface area (Å²) in [5, 5.41) is 8.56. The molecule has 0 saturated heterocycles. The normalized spacial score (nSPS) is 11.8. The van der Waals surface area contributed by atoms with Crippen molar-refractivity contribution < 1.29 is 0 Å². The van der Waals surface area contributed by atoms with E-state index in [4.69, 9.17) is 0 Å². The van der Waals surface area contributed by atoms with Crippen molar-refractivity contribution in [3.05, 3.63) is 72.8 Å². The van der Waals surface area contributed by atoms with Crippen LogP contribution in [0.25, 0.3) is 39.1 Å². The predicted octanol–water partition coefficient (Wildman–Crippen LogP) is 5.36. The zero-order valence-electron chi connectivity index (χ0n) is 11.3. The van der Waals surface area contributed by atoms with Crippen LogP contribution < -0.4 is 0 Å². The number of fused-ring (bicyclic) bond motifs is 7. The molecule has 0 saturated carbocycles. The Morgan fingerprint density at radius 2 is 1.19 bits per heavy atom. The van der Waals surface area contributed by atoms with Crippen molar-refractivity contribution in [3.63, 3.8) is 0 Å². The van der Waals surface area contributed by atoms with Crippen LogP contribution >= 0.6 is 0 Å². The van der Waals surface area contributed by atoms with E-state index in [0.29, 0.717) is 0 Å². The summed E-state index contributed by atoms with van der Waals surface area (Å²) in [5.74, 6) is 0. The van der Waals surface area contributed by atoms with Crippen LogP contribution in [-0.2, 0) is 0 Å². The fraction of sp³-hybridized carbons (Fsp3) is 0. The van der Waals surface area contributed by atoms with Gasteiger partial charge in [-0.3, -0.25) is 0 Å². The van der Waals surface area contributed by atoms with Gasteiger partial charge in [-0.25, -0.2) is 0 Å². The van der Waals surface area contributed by atoms with E-state index in [0.717, 1.165) is 0 Å². The Labute approximate surface area is 132 Å². The molecule has 0 atom stereocenters. The maximum atomic E-state index is 2.36. The van der Waals surface area contributed by atoms with Gasteiger partial charge in [-0.1, -0.05) is 0 Å². The van der Waals surface area contributed by atoms with Gasteiger partial charge >= 0.3 is 132 Å². The second-order valence-electron chi connectivity index (χ2n) is 5.43. The van der Waals surface area contributed by atoms with Crippen LogP contribution in [0.4, 0.5) is 0 Å². The van der Waals surface area contributed by atoms with Crippen molar-refractivity contribution in [1.82, 2.24) is 0 Å². The van der Waals surface area contributed by atoms with E-state index < -0.39 is 0 Å². The first-order valence-electron chi connectivity index (χ1n) is 7.13. The topological polar surface area (TPSA) is 0 Å². The first kappa shape index (κ1) is 11.8. The number of hydrogen-bond acceptors (Lipinski definition) is 0. The standard InChI is InChI=1S/C20H12Te/c1-3-7-15-13(5-1)10-12-18-19(15)17-11-9-14-6-2-4-8-16(14)20(17)21-18/h1-12H. The molecular formula is C20H12Te. The zero-order valence-corrected chi connectivity index (χ0v) is 13.7. The molecule has 21 heavy (non-hydrogen) atoms. The van der Waals surface area contributed by atoms with E-state index in [1.165, 1.54) is 32.3 Å². The summed E-state index contributed by atoms with van der Waals surface area (Å²) in [7, 11) is 0. The monoisotopic (exact) mass is 382 g/mol. The van der Waals surface area contributed by atoms with Gasteiger partial charge in [0.25, 0.3) is 0 Å². The minimum atomic E-state index is -0.279. The minimum absolute atomic E-state index is 0.279. The summed E-state index contributed by atoms with van der Waals surface area (Å²) in [6, 6.07) is 26.8. The molecule has 1 aromatic heterocycles. The predicted molar refractivity (Wildman–Crippen MR) is 93.4 cm³/mol. The molecule has 0 nitrogen and oxygen atoms in total. The summed E-state index contributed by atoms with van der Waals surface area (Å²) in [6.07, 6.45) is 0. The third-order valence-electron chi connectivity index (χ3n) is 4.25. The summed E-state index contributed by atoms with van der Waals surface area (Å²) in [6.45, 7) is 0. The Kier molecular flexibility index (Phi) is 2.44. The summed E-state index contributed by atoms with van der Waals surface area (Å²) in [5.41, 5.74) is 0. The molecule has 0 radical (unpaired) electrons. The van der Waals surface area contributed by atoms with Crippen LogP contribution in [0.5, 0.6) is 0 Å². The third-order valence-corrected chi connectivity index (χ3v) is 7.69. The first-order chi connectivity index (χ1) is 10.4. The van der Waals surface area contributed by atoms with Crippen LogP contribution in [0.2, 0.25) is 0 Å². The molecule has 5 rings (SSSR count). The van der Waals surface area contributed by atoms with Crippen molar-refractivity contribution in [3.8, 4) is 0 Å². The molecule has 0 spiro atoms. The average Bonchev–Trinajstić information content (AvgIpc) is 2.94. The summed E-state index contributed by atoms with van der Waals surface area (Å²) in [4.78, 5) is 0. The van der Waals surface area contributed by atoms with Crippen molar-refractivity contribution in [2.45, 2.75) is 0 Å². The van der Waals surface area contributed by atoms with E-state index in [9.17, 15) is 0 Å². The van der Waals surface area contributed by atoms with E-state index in [-0.39, 0.29) is 20.4 Å². The zero-order chi connectivity index (χ0) is 13.8. The number of hydrogen-bond donors (Lipinski definition) is 0. The van der Waals surface area contributed by atoms with Gasteiger partial charge in [-0.15, -0.1) is 0 Å². The molecule has 1 heterocycles. The molecule has 0 N–H and O–H groups in total. The van der Waals surface area contributed by atoms with E-state index >= 15 is 0 Å². The quantitative estimate of drug-likeness (QED) is 0.318. The van der Waals surface area contributed by atoms with Gasteiger partial charge in [-0.2, -0.15) is 0 Å². The SMILES string of the molecule is c1ccc2c(c1)ccc1c2[te]c2ccc3ccccc3c21. The molecule has 0 unspecified atom stereocenters. The Morgan fingerprint density at radius 1 is 0.524 bits per heavy atom. The Balaban J connectivity index is 2.11. The fourth-order valence-electron chi connectivity index (χ4n) is 3.27. The Bertz CT molecular complexity index is 1130. The molecule has 0 bridgehead atoms. The number of benzene rings is 4. The molecule has 0 aliphatic heterocycles. The first-order valence-corrected chi connectivity index (χ1v) is 9.46. The molecule has 98 valence electrons. The molecule has 0 amide bonds. The van der Waals surface area contributed by atoms with Crippen LogP contribution in [0.15, 0.2) is 72.8 Å². The number of rotatable bonds is 0. The van der Waals surface area contributed by atoms with Crippen LogP contribution in [0.3, 0.4) is 0 Å². The Morgan fingerprint density at radius 3 is 2.05 bits per heavy atom. The van der Waals surface area contributed by atoms with Crippen molar-refractivity contribution >= 4 is 59.6 Å². The van der Waals surface area contributed by atoms with Crippen molar-refractivity contribution in [1.29, 1.82) is 0 Å². The maximum absolute atomic E-state index is 2.36. The molecule has 0 aliphatic rings. The average molecular weight is 380 g/mol. The van der Waals surface area contributed by atoms with Crippen LogP contribution in [-0.4, -0.2) is 20.4 Å². The second kappa shape index (κ2) is 4.34. The molecule has 4 aromatic carbocycles. The molecule has 0 fully saturated rings. The molecule has 5 aromatic rings.